The van der Waals surface area contributed by atoms with E-state index in [1.807, 2.05) is 0 Å². The van der Waals surface area contributed by atoms with Crippen LogP contribution in [0.4, 0.5) is 4.39 Å². The van der Waals surface area contributed by atoms with Gasteiger partial charge in [0.05, 0.1) is 17.8 Å². The average Bonchev–Trinajstić information content (AvgIpc) is 2.27. The highest BCUT2D eigenvalue weighted by molar-refractivity contribution is 7.85. The number of halogens is 1. The van der Waals surface area contributed by atoms with Crippen LogP contribution in [0.5, 0.6) is 0 Å². The molecule has 2 rings (SSSR count). The third kappa shape index (κ3) is 4.40. The van der Waals surface area contributed by atoms with Crippen LogP contribution in [0.1, 0.15) is 10.4 Å². The standard InChI is InChI=1S/C9H5FN2O3.CH4O3S/c10-4-1-5-7(13)6(9(14)15)3-12-8(5)11-2-4;1-5(2,3)4/h1-3H,(H,14,15)(H,11,12,13);1H3,(H,2,3,4). The molecule has 0 saturated heterocycles. The number of carboxylic acid groups (broad SMARTS) is 1. The smallest absolute Gasteiger partial charge is 0.341 e. The highest BCUT2D eigenvalue weighted by Gasteiger charge is 2.12. The van der Waals surface area contributed by atoms with E-state index in [9.17, 15) is 22.4 Å². The van der Waals surface area contributed by atoms with Gasteiger partial charge in [-0.2, -0.15) is 8.42 Å². The normalized spacial score (nSPS) is 10.8. The van der Waals surface area contributed by atoms with Crippen molar-refractivity contribution >= 4 is 27.1 Å². The molecule has 0 aliphatic carbocycles. The lowest BCUT2D eigenvalue weighted by molar-refractivity contribution is 0.0695. The maximum atomic E-state index is 12.8. The number of hydrogen-bond acceptors (Lipinski definition) is 5. The number of aromatic amines is 1. The fraction of sp³-hybridized carbons (Fsp3) is 0.100. The van der Waals surface area contributed by atoms with Crippen molar-refractivity contribution < 1.29 is 27.3 Å². The Morgan fingerprint density at radius 1 is 1.45 bits per heavy atom. The van der Waals surface area contributed by atoms with Gasteiger partial charge in [0.15, 0.2) is 0 Å². The van der Waals surface area contributed by atoms with E-state index in [1.54, 1.807) is 0 Å². The van der Waals surface area contributed by atoms with Crippen LogP contribution in [0.25, 0.3) is 11.0 Å². The number of aromatic nitrogens is 2. The van der Waals surface area contributed by atoms with Gasteiger partial charge in [-0.25, -0.2) is 14.2 Å². The summed E-state index contributed by atoms with van der Waals surface area (Å²) in [5.74, 6) is -2.04. The summed E-state index contributed by atoms with van der Waals surface area (Å²) in [7, 11) is -3.67. The Morgan fingerprint density at radius 3 is 2.50 bits per heavy atom. The Balaban J connectivity index is 0.000000347. The van der Waals surface area contributed by atoms with E-state index < -0.39 is 32.9 Å². The molecule has 3 N–H and O–H groups in total. The van der Waals surface area contributed by atoms with Crippen LogP contribution in [-0.2, 0) is 10.1 Å². The molecule has 2 aromatic heterocycles. The predicted octanol–water partition coefficient (Wildman–Crippen LogP) is 0.264. The SMILES string of the molecule is CS(=O)(=O)O.O=C(O)c1c[nH]c2ncc(F)cc2c1=O. The lowest BCUT2D eigenvalue weighted by Crippen LogP contribution is -2.15. The molecule has 0 radical (unpaired) electrons. The van der Waals surface area contributed by atoms with E-state index in [0.717, 1.165) is 18.5 Å². The molecule has 0 aliphatic rings. The minimum absolute atomic E-state index is 0.0742. The molecule has 0 unspecified atom stereocenters. The number of nitrogens with one attached hydrogen (secondary N) is 1. The van der Waals surface area contributed by atoms with Crippen molar-refractivity contribution in [2.45, 2.75) is 0 Å². The van der Waals surface area contributed by atoms with Crippen LogP contribution in [0.2, 0.25) is 0 Å². The minimum atomic E-state index is -3.67. The first-order valence-electron chi connectivity index (χ1n) is 4.92. The molecule has 0 bridgehead atoms. The molecular formula is C10H9FN2O6S. The van der Waals surface area contributed by atoms with Gasteiger partial charge in [-0.05, 0) is 6.07 Å². The Morgan fingerprint density at radius 2 is 2.00 bits per heavy atom. The van der Waals surface area contributed by atoms with E-state index >= 15 is 0 Å². The summed E-state index contributed by atoms with van der Waals surface area (Å²) in [6, 6.07) is 0.952. The average molecular weight is 304 g/mol. The number of aromatic carboxylic acids is 1. The molecule has 20 heavy (non-hydrogen) atoms. The number of hydrogen-bond donors (Lipinski definition) is 3. The van der Waals surface area contributed by atoms with Crippen LogP contribution in [-0.4, -0.2) is 40.3 Å². The van der Waals surface area contributed by atoms with Gasteiger partial charge in [-0.15, -0.1) is 0 Å². The van der Waals surface area contributed by atoms with Gasteiger partial charge in [0, 0.05) is 6.20 Å². The third-order valence-electron chi connectivity index (χ3n) is 1.93. The zero-order chi connectivity index (χ0) is 15.5. The second kappa shape index (κ2) is 5.75. The Hall–Kier alpha value is -2.33. The first kappa shape index (κ1) is 15.7. The van der Waals surface area contributed by atoms with E-state index in [2.05, 4.69) is 9.97 Å². The molecular weight excluding hydrogens is 295 g/mol. The second-order valence-electron chi connectivity index (χ2n) is 3.62. The lowest BCUT2D eigenvalue weighted by atomic mass is 10.2. The third-order valence-corrected chi connectivity index (χ3v) is 1.93. The van der Waals surface area contributed by atoms with Gasteiger partial charge in [0.1, 0.15) is 17.0 Å². The monoisotopic (exact) mass is 304 g/mol. The number of rotatable bonds is 1. The van der Waals surface area contributed by atoms with Crippen molar-refractivity contribution in [2.24, 2.45) is 0 Å². The number of pyridine rings is 2. The van der Waals surface area contributed by atoms with E-state index in [-0.39, 0.29) is 11.0 Å². The van der Waals surface area contributed by atoms with Gasteiger partial charge in [0.25, 0.3) is 10.1 Å². The highest BCUT2D eigenvalue weighted by atomic mass is 32.2. The minimum Gasteiger partial charge on any atom is -0.477 e. The zero-order valence-electron chi connectivity index (χ0n) is 9.99. The summed E-state index contributed by atoms with van der Waals surface area (Å²) in [5, 5.41) is 8.59. The van der Waals surface area contributed by atoms with Crippen molar-refractivity contribution in [1.29, 1.82) is 0 Å². The molecule has 0 spiro atoms. The molecule has 0 amide bonds. The van der Waals surface area contributed by atoms with Crippen molar-refractivity contribution in [3.63, 3.8) is 0 Å². The summed E-state index contributed by atoms with van der Waals surface area (Å²) >= 11 is 0. The van der Waals surface area contributed by atoms with Gasteiger partial charge in [0.2, 0.25) is 5.43 Å². The fourth-order valence-electron chi connectivity index (χ4n) is 1.24. The van der Waals surface area contributed by atoms with Crippen molar-refractivity contribution in [2.75, 3.05) is 6.26 Å². The first-order chi connectivity index (χ1) is 9.09. The number of H-pyrrole nitrogens is 1. The topological polar surface area (TPSA) is 137 Å². The number of carbonyl (C=O) groups is 1. The summed E-state index contributed by atoms with van der Waals surface area (Å²) in [6.45, 7) is 0. The number of fused-ring (bicyclic) bond motifs is 1. The van der Waals surface area contributed by atoms with Crippen molar-refractivity contribution in [1.82, 2.24) is 9.97 Å². The summed E-state index contributed by atoms with van der Waals surface area (Å²) < 4.78 is 38.7. The Labute approximate surface area is 111 Å². The van der Waals surface area contributed by atoms with Crippen LogP contribution >= 0.6 is 0 Å². The molecule has 10 heteroatoms. The number of carboxylic acids is 1. The van der Waals surface area contributed by atoms with Crippen molar-refractivity contribution in [3.8, 4) is 0 Å². The largest absolute Gasteiger partial charge is 0.477 e. The molecule has 0 aromatic carbocycles. The van der Waals surface area contributed by atoms with Crippen LogP contribution < -0.4 is 5.43 Å². The second-order valence-corrected chi connectivity index (χ2v) is 5.09. The van der Waals surface area contributed by atoms with Crippen LogP contribution in [0.3, 0.4) is 0 Å². The molecule has 2 aromatic rings. The Kier molecular flexibility index (Phi) is 4.53. The van der Waals surface area contributed by atoms with Gasteiger partial charge in [-0.3, -0.25) is 9.35 Å². The predicted molar refractivity (Wildman–Crippen MR) is 66.8 cm³/mol. The molecule has 2 heterocycles. The molecule has 108 valence electrons. The quantitative estimate of drug-likeness (QED) is 0.642. The lowest BCUT2D eigenvalue weighted by Gasteiger charge is -1.98. The Bertz CT molecular complexity index is 806. The fourth-order valence-corrected chi connectivity index (χ4v) is 1.24. The molecule has 0 fully saturated rings. The summed E-state index contributed by atoms with van der Waals surface area (Å²) in [6.07, 6.45) is 2.70. The highest BCUT2D eigenvalue weighted by Crippen LogP contribution is 2.06. The molecule has 0 atom stereocenters. The summed E-state index contributed by atoms with van der Waals surface area (Å²) in [4.78, 5) is 28.3. The molecule has 0 aliphatic heterocycles. The van der Waals surface area contributed by atoms with E-state index in [0.29, 0.717) is 6.26 Å². The van der Waals surface area contributed by atoms with Crippen molar-refractivity contribution in [3.05, 3.63) is 40.1 Å². The zero-order valence-corrected chi connectivity index (χ0v) is 10.8. The summed E-state index contributed by atoms with van der Waals surface area (Å²) in [5.41, 5.74) is -1.02. The van der Waals surface area contributed by atoms with Gasteiger partial charge >= 0.3 is 5.97 Å². The van der Waals surface area contributed by atoms with Crippen LogP contribution in [0, 0.1) is 5.82 Å². The molecule has 0 saturated carbocycles. The van der Waals surface area contributed by atoms with E-state index in [4.69, 9.17) is 9.66 Å². The van der Waals surface area contributed by atoms with Gasteiger partial charge in [-0.1, -0.05) is 0 Å². The van der Waals surface area contributed by atoms with E-state index in [1.165, 1.54) is 0 Å². The maximum absolute atomic E-state index is 12.8. The van der Waals surface area contributed by atoms with Gasteiger partial charge < -0.3 is 10.1 Å². The van der Waals surface area contributed by atoms with Crippen LogP contribution in [0.15, 0.2) is 23.3 Å². The molecule has 8 nitrogen and oxygen atoms in total. The number of nitrogens with zero attached hydrogens (tertiary/aromatic N) is 1. The maximum Gasteiger partial charge on any atom is 0.341 e. The first-order valence-corrected chi connectivity index (χ1v) is 6.77.